The van der Waals surface area contributed by atoms with Gasteiger partial charge < -0.3 is 10.5 Å². The maximum absolute atomic E-state index is 11.7. The zero-order chi connectivity index (χ0) is 19.4. The lowest BCUT2D eigenvalue weighted by Gasteiger charge is -2.38. The molecule has 3 aliphatic rings. The van der Waals surface area contributed by atoms with Crippen molar-refractivity contribution in [1.82, 2.24) is 20.9 Å². The monoisotopic (exact) mass is 419 g/mol. The summed E-state index contributed by atoms with van der Waals surface area (Å²) in [5.41, 5.74) is 5.75. The van der Waals surface area contributed by atoms with Crippen molar-refractivity contribution in [3.8, 4) is 0 Å². The van der Waals surface area contributed by atoms with E-state index in [9.17, 15) is 9.59 Å². The van der Waals surface area contributed by atoms with Gasteiger partial charge in [-0.25, -0.2) is 0 Å². The zero-order valence-corrected chi connectivity index (χ0v) is 17.2. The Morgan fingerprint density at radius 1 is 1.26 bits per heavy atom. The molecule has 4 unspecified atom stereocenters. The van der Waals surface area contributed by atoms with Gasteiger partial charge in [-0.05, 0) is 45.1 Å². The lowest BCUT2D eigenvalue weighted by atomic mass is 9.84. The Morgan fingerprint density at radius 2 is 2.00 bits per heavy atom. The summed E-state index contributed by atoms with van der Waals surface area (Å²) < 4.78 is 6.07. The molecule has 0 spiro atoms. The standard InChI is InChI=1S/C17H30ClN5O3S/c1-23(14-9-13(18)20-16(19)21-14)6-7-26-11-4-2-10(3-5-11)8-12-15(24)22-17(25)27-12/h10-14,16,20-21H,2-9,19H2,1H3,(H,22,24,25). The Labute approximate surface area is 169 Å². The van der Waals surface area contributed by atoms with Gasteiger partial charge >= 0.3 is 0 Å². The number of hydrogen-bond acceptors (Lipinski definition) is 8. The third kappa shape index (κ3) is 6.28. The fourth-order valence-electron chi connectivity index (χ4n) is 3.99. The molecule has 1 saturated carbocycles. The molecule has 3 rings (SSSR count). The molecule has 0 aromatic rings. The molecule has 4 atom stereocenters. The largest absolute Gasteiger partial charge is 0.377 e. The van der Waals surface area contributed by atoms with Crippen LogP contribution in [0.1, 0.15) is 38.5 Å². The fraction of sp³-hybridized carbons (Fsp3) is 0.882. The molecule has 27 heavy (non-hydrogen) atoms. The number of likely N-dealkylation sites (N-methyl/N-ethyl adjacent to an activating group) is 1. The van der Waals surface area contributed by atoms with Gasteiger partial charge in [-0.2, -0.15) is 0 Å². The molecule has 3 fully saturated rings. The van der Waals surface area contributed by atoms with Crippen LogP contribution in [0.2, 0.25) is 0 Å². The number of nitrogens with two attached hydrogens (primary N) is 1. The van der Waals surface area contributed by atoms with E-state index in [4.69, 9.17) is 22.1 Å². The molecule has 154 valence electrons. The number of nitrogens with one attached hydrogen (secondary N) is 3. The SMILES string of the molecule is CN(CCOC1CCC(CC2SC(=O)NC2=O)CC1)C1CC(Cl)NC(N)N1. The van der Waals surface area contributed by atoms with Crippen LogP contribution in [0.3, 0.4) is 0 Å². The second-order valence-electron chi connectivity index (χ2n) is 7.64. The average Bonchev–Trinajstić information content (AvgIpc) is 2.92. The number of imide groups is 1. The number of carbonyl (C=O) groups excluding carboxylic acids is 2. The Kier molecular flexibility index (Phi) is 7.78. The van der Waals surface area contributed by atoms with E-state index in [2.05, 4.69) is 20.9 Å². The second kappa shape index (κ2) is 9.87. The maximum atomic E-state index is 11.7. The van der Waals surface area contributed by atoms with Crippen molar-refractivity contribution < 1.29 is 14.3 Å². The molecule has 0 aromatic carbocycles. The molecule has 0 radical (unpaired) electrons. The lowest BCUT2D eigenvalue weighted by Crippen LogP contribution is -2.65. The van der Waals surface area contributed by atoms with Gasteiger partial charge in [0.1, 0.15) is 6.29 Å². The minimum Gasteiger partial charge on any atom is -0.377 e. The van der Waals surface area contributed by atoms with Gasteiger partial charge in [0.05, 0.1) is 29.6 Å². The number of alkyl halides is 1. The van der Waals surface area contributed by atoms with Crippen molar-refractivity contribution in [1.29, 1.82) is 0 Å². The minimum atomic E-state index is -0.291. The molecule has 0 aromatic heterocycles. The van der Waals surface area contributed by atoms with Crippen LogP contribution in [0, 0.1) is 5.92 Å². The van der Waals surface area contributed by atoms with E-state index < -0.39 is 0 Å². The second-order valence-corrected chi connectivity index (χ2v) is 9.35. The number of hydrogen-bond donors (Lipinski definition) is 4. The first kappa shape index (κ1) is 21.3. The van der Waals surface area contributed by atoms with Gasteiger partial charge in [-0.1, -0.05) is 11.8 Å². The van der Waals surface area contributed by atoms with E-state index in [1.807, 2.05) is 7.05 Å². The number of carbonyl (C=O) groups is 2. The predicted molar refractivity (Wildman–Crippen MR) is 106 cm³/mol. The minimum absolute atomic E-state index is 0.125. The van der Waals surface area contributed by atoms with Crippen LogP contribution in [0.4, 0.5) is 4.79 Å². The summed E-state index contributed by atoms with van der Waals surface area (Å²) >= 11 is 7.30. The van der Waals surface area contributed by atoms with Gasteiger partial charge in [0.25, 0.3) is 5.24 Å². The Morgan fingerprint density at radius 3 is 2.63 bits per heavy atom. The summed E-state index contributed by atoms with van der Waals surface area (Å²) in [5.74, 6) is 0.375. The molecular weight excluding hydrogens is 390 g/mol. The van der Waals surface area contributed by atoms with Crippen LogP contribution in [-0.2, 0) is 9.53 Å². The number of ether oxygens (including phenoxy) is 1. The topological polar surface area (TPSA) is 109 Å². The van der Waals surface area contributed by atoms with E-state index in [-0.39, 0.29) is 40.5 Å². The number of nitrogens with zero attached hydrogens (tertiary/aromatic N) is 1. The zero-order valence-electron chi connectivity index (χ0n) is 15.7. The number of halogens is 1. The average molecular weight is 420 g/mol. The summed E-state index contributed by atoms with van der Waals surface area (Å²) in [6.45, 7) is 1.49. The van der Waals surface area contributed by atoms with E-state index in [0.29, 0.717) is 12.5 Å². The third-order valence-electron chi connectivity index (χ3n) is 5.60. The van der Waals surface area contributed by atoms with E-state index in [0.717, 1.165) is 56.8 Å². The highest BCUT2D eigenvalue weighted by Gasteiger charge is 2.34. The van der Waals surface area contributed by atoms with Crippen LogP contribution in [0.25, 0.3) is 0 Å². The van der Waals surface area contributed by atoms with Crippen molar-refractivity contribution in [3.63, 3.8) is 0 Å². The van der Waals surface area contributed by atoms with Crippen LogP contribution in [0.5, 0.6) is 0 Å². The quantitative estimate of drug-likeness (QED) is 0.357. The Balaban J connectivity index is 1.30. The van der Waals surface area contributed by atoms with Crippen molar-refractivity contribution in [2.45, 2.75) is 67.8 Å². The Bertz CT molecular complexity index is 525. The predicted octanol–water partition coefficient (Wildman–Crippen LogP) is 0.952. The highest BCUT2D eigenvalue weighted by atomic mass is 35.5. The highest BCUT2D eigenvalue weighted by molar-refractivity contribution is 8.15. The molecule has 2 heterocycles. The first-order chi connectivity index (χ1) is 12.9. The smallest absolute Gasteiger partial charge is 0.286 e. The molecule has 10 heteroatoms. The normalized spacial score (nSPS) is 37.6. The van der Waals surface area contributed by atoms with Gasteiger partial charge in [-0.15, -0.1) is 11.6 Å². The molecule has 2 saturated heterocycles. The highest BCUT2D eigenvalue weighted by Crippen LogP contribution is 2.34. The van der Waals surface area contributed by atoms with Crippen LogP contribution < -0.4 is 21.7 Å². The molecule has 1 aliphatic carbocycles. The summed E-state index contributed by atoms with van der Waals surface area (Å²) in [6, 6.07) is 0. The molecule has 2 amide bonds. The van der Waals surface area contributed by atoms with E-state index >= 15 is 0 Å². The first-order valence-corrected chi connectivity index (χ1v) is 11.0. The van der Waals surface area contributed by atoms with Crippen LogP contribution >= 0.6 is 23.4 Å². The lowest BCUT2D eigenvalue weighted by molar-refractivity contribution is -0.119. The van der Waals surface area contributed by atoms with Gasteiger partial charge in [0, 0.05) is 13.0 Å². The van der Waals surface area contributed by atoms with Crippen molar-refractivity contribution in [2.24, 2.45) is 11.7 Å². The molecule has 5 N–H and O–H groups in total. The van der Waals surface area contributed by atoms with Gasteiger partial charge in [0.15, 0.2) is 0 Å². The number of thioether (sulfide) groups is 1. The summed E-state index contributed by atoms with van der Waals surface area (Å²) in [5, 5.41) is 8.26. The molecular formula is C17H30ClN5O3S. The van der Waals surface area contributed by atoms with Crippen molar-refractivity contribution >= 4 is 34.5 Å². The molecule has 2 aliphatic heterocycles. The molecule has 0 bridgehead atoms. The van der Waals surface area contributed by atoms with E-state index in [1.54, 1.807) is 0 Å². The Hall–Kier alpha value is -0.420. The number of amides is 2. The first-order valence-electron chi connectivity index (χ1n) is 9.66. The van der Waals surface area contributed by atoms with E-state index in [1.165, 1.54) is 0 Å². The summed E-state index contributed by atoms with van der Waals surface area (Å²) in [4.78, 5) is 25.1. The molecule has 8 nitrogen and oxygen atoms in total. The van der Waals surface area contributed by atoms with Crippen LogP contribution in [-0.4, -0.2) is 65.6 Å². The van der Waals surface area contributed by atoms with Gasteiger partial charge in [-0.3, -0.25) is 30.4 Å². The fourth-order valence-corrected chi connectivity index (χ4v) is 5.25. The van der Waals surface area contributed by atoms with Crippen molar-refractivity contribution in [3.05, 3.63) is 0 Å². The maximum Gasteiger partial charge on any atom is 0.286 e. The summed E-state index contributed by atoms with van der Waals surface area (Å²) in [6.07, 6.45) is 5.84. The van der Waals surface area contributed by atoms with Crippen molar-refractivity contribution in [2.75, 3.05) is 20.2 Å². The summed E-state index contributed by atoms with van der Waals surface area (Å²) in [7, 11) is 2.05. The number of rotatable bonds is 7. The van der Waals surface area contributed by atoms with Crippen LogP contribution in [0.15, 0.2) is 0 Å². The third-order valence-corrected chi connectivity index (χ3v) is 6.91. The van der Waals surface area contributed by atoms with Gasteiger partial charge in [0.2, 0.25) is 5.91 Å².